The van der Waals surface area contributed by atoms with Crippen LogP contribution >= 0.6 is 0 Å². The number of rotatable bonds is 2. The van der Waals surface area contributed by atoms with Gasteiger partial charge >= 0.3 is 0 Å². The molecule has 4 aromatic rings. The lowest BCUT2D eigenvalue weighted by molar-refractivity contribution is 0.477. The maximum Gasteiger partial charge on any atom is 0.156 e. The first-order chi connectivity index (χ1) is 11.2. The molecule has 0 amide bonds. The fraction of sp³-hybridized carbons (Fsp3) is 0.0526. The van der Waals surface area contributed by atoms with Gasteiger partial charge in [-0.2, -0.15) is 5.10 Å². The van der Waals surface area contributed by atoms with E-state index in [0.29, 0.717) is 0 Å². The van der Waals surface area contributed by atoms with Gasteiger partial charge in [-0.3, -0.25) is 0 Å². The summed E-state index contributed by atoms with van der Waals surface area (Å²) >= 11 is 0. The van der Waals surface area contributed by atoms with Gasteiger partial charge in [0.15, 0.2) is 5.65 Å². The Labute approximate surface area is 133 Å². The van der Waals surface area contributed by atoms with Crippen LogP contribution in [0.15, 0.2) is 66.9 Å². The van der Waals surface area contributed by atoms with Crippen molar-refractivity contribution in [3.63, 3.8) is 0 Å². The number of aromatic hydroxyl groups is 1. The van der Waals surface area contributed by atoms with E-state index in [1.54, 1.807) is 22.8 Å². The number of hydrogen-bond acceptors (Lipinski definition) is 3. The third kappa shape index (κ3) is 2.34. The molecule has 0 spiro atoms. The summed E-state index contributed by atoms with van der Waals surface area (Å²) in [5, 5.41) is 14.8. The minimum Gasteiger partial charge on any atom is -0.507 e. The Balaban J connectivity index is 1.93. The number of aromatic nitrogens is 3. The van der Waals surface area contributed by atoms with Crippen molar-refractivity contribution in [1.82, 2.24) is 14.6 Å². The van der Waals surface area contributed by atoms with Gasteiger partial charge in [0.05, 0.1) is 11.4 Å². The first-order valence-electron chi connectivity index (χ1n) is 7.42. The van der Waals surface area contributed by atoms with Crippen molar-refractivity contribution in [2.75, 3.05) is 0 Å². The van der Waals surface area contributed by atoms with E-state index in [9.17, 15) is 5.11 Å². The van der Waals surface area contributed by atoms with Crippen LogP contribution < -0.4 is 0 Å². The van der Waals surface area contributed by atoms with Crippen LogP contribution in [-0.2, 0) is 0 Å². The number of phenolic OH excluding ortho intramolecular Hbond substituents is 1. The molecule has 0 aliphatic rings. The van der Waals surface area contributed by atoms with E-state index >= 15 is 0 Å². The Morgan fingerprint density at radius 2 is 1.83 bits per heavy atom. The van der Waals surface area contributed by atoms with Crippen molar-refractivity contribution in [2.45, 2.75) is 6.92 Å². The number of aryl methyl sites for hydroxylation is 1. The van der Waals surface area contributed by atoms with Crippen molar-refractivity contribution in [1.29, 1.82) is 0 Å². The number of nitrogens with zero attached hydrogens (tertiary/aromatic N) is 3. The fourth-order valence-electron chi connectivity index (χ4n) is 2.73. The molecule has 4 rings (SSSR count). The van der Waals surface area contributed by atoms with Gasteiger partial charge in [-0.1, -0.05) is 35.9 Å². The number of fused-ring (bicyclic) bond motifs is 1. The summed E-state index contributed by atoms with van der Waals surface area (Å²) in [6, 6.07) is 19.3. The topological polar surface area (TPSA) is 50.4 Å². The van der Waals surface area contributed by atoms with Crippen LogP contribution in [0.1, 0.15) is 5.56 Å². The number of para-hydroxylation sites is 1. The van der Waals surface area contributed by atoms with Crippen molar-refractivity contribution in [2.24, 2.45) is 0 Å². The standard InChI is InChI=1S/C19H15N3O/c1-13-5-4-6-14(11-13)16-12-19-20-10-9-17(22(19)21-16)15-7-2-3-8-18(15)23/h2-12,23H,1H3. The number of phenols is 1. The van der Waals surface area contributed by atoms with Crippen LogP contribution in [0.5, 0.6) is 5.75 Å². The van der Waals surface area contributed by atoms with Gasteiger partial charge in [-0.25, -0.2) is 9.50 Å². The van der Waals surface area contributed by atoms with E-state index in [-0.39, 0.29) is 5.75 Å². The second-order valence-corrected chi connectivity index (χ2v) is 5.52. The molecule has 0 unspecified atom stereocenters. The second-order valence-electron chi connectivity index (χ2n) is 5.52. The molecule has 2 heterocycles. The average Bonchev–Trinajstić information content (AvgIpc) is 3.00. The highest BCUT2D eigenvalue weighted by Gasteiger charge is 2.12. The largest absolute Gasteiger partial charge is 0.507 e. The van der Waals surface area contributed by atoms with Crippen LogP contribution in [0.4, 0.5) is 0 Å². The molecule has 2 aromatic carbocycles. The summed E-state index contributed by atoms with van der Waals surface area (Å²) in [4.78, 5) is 4.38. The molecule has 0 aliphatic carbocycles. The number of benzene rings is 2. The van der Waals surface area contributed by atoms with Crippen LogP contribution in [0, 0.1) is 6.92 Å². The van der Waals surface area contributed by atoms with E-state index in [4.69, 9.17) is 0 Å². The van der Waals surface area contributed by atoms with Crippen molar-refractivity contribution in [3.8, 4) is 28.3 Å². The van der Waals surface area contributed by atoms with Crippen LogP contribution in [0.25, 0.3) is 28.2 Å². The zero-order valence-electron chi connectivity index (χ0n) is 12.6. The van der Waals surface area contributed by atoms with E-state index in [0.717, 1.165) is 28.2 Å². The Hall–Kier alpha value is -3.14. The highest BCUT2D eigenvalue weighted by Crippen LogP contribution is 2.29. The van der Waals surface area contributed by atoms with Crippen LogP contribution in [0.3, 0.4) is 0 Å². The van der Waals surface area contributed by atoms with Crippen molar-refractivity contribution >= 4 is 5.65 Å². The molecule has 0 saturated heterocycles. The summed E-state index contributed by atoms with van der Waals surface area (Å²) in [5.74, 6) is 0.229. The molecule has 0 saturated carbocycles. The molecular weight excluding hydrogens is 286 g/mol. The highest BCUT2D eigenvalue weighted by atomic mass is 16.3. The third-order valence-electron chi connectivity index (χ3n) is 3.85. The lowest BCUT2D eigenvalue weighted by atomic mass is 10.1. The summed E-state index contributed by atoms with van der Waals surface area (Å²) < 4.78 is 1.77. The van der Waals surface area contributed by atoms with Crippen molar-refractivity contribution < 1.29 is 5.11 Å². The first kappa shape index (κ1) is 13.5. The lowest BCUT2D eigenvalue weighted by Gasteiger charge is -2.06. The van der Waals surface area contributed by atoms with Gasteiger partial charge in [-0.15, -0.1) is 0 Å². The molecule has 0 fully saturated rings. The molecule has 1 N–H and O–H groups in total. The fourth-order valence-corrected chi connectivity index (χ4v) is 2.73. The summed E-state index contributed by atoms with van der Waals surface area (Å²) in [7, 11) is 0. The van der Waals surface area contributed by atoms with Gasteiger partial charge < -0.3 is 5.11 Å². The third-order valence-corrected chi connectivity index (χ3v) is 3.85. The summed E-state index contributed by atoms with van der Waals surface area (Å²) in [5.41, 5.74) is 5.41. The Morgan fingerprint density at radius 3 is 2.65 bits per heavy atom. The second kappa shape index (κ2) is 5.25. The van der Waals surface area contributed by atoms with Crippen LogP contribution in [0.2, 0.25) is 0 Å². The maximum absolute atomic E-state index is 10.1. The monoisotopic (exact) mass is 301 g/mol. The van der Waals surface area contributed by atoms with E-state index < -0.39 is 0 Å². The highest BCUT2D eigenvalue weighted by molar-refractivity contribution is 5.71. The number of hydrogen-bond donors (Lipinski definition) is 1. The van der Waals surface area contributed by atoms with Crippen molar-refractivity contribution in [3.05, 3.63) is 72.4 Å². The van der Waals surface area contributed by atoms with Gasteiger partial charge in [-0.05, 0) is 31.2 Å². The van der Waals surface area contributed by atoms with Gasteiger partial charge in [0.1, 0.15) is 5.75 Å². The molecular formula is C19H15N3O. The minimum atomic E-state index is 0.229. The van der Waals surface area contributed by atoms with E-state index in [1.165, 1.54) is 5.56 Å². The molecule has 0 radical (unpaired) electrons. The Morgan fingerprint density at radius 1 is 0.957 bits per heavy atom. The molecule has 23 heavy (non-hydrogen) atoms. The molecule has 112 valence electrons. The van der Waals surface area contributed by atoms with Gasteiger partial charge in [0, 0.05) is 23.4 Å². The zero-order valence-corrected chi connectivity index (χ0v) is 12.6. The molecule has 4 nitrogen and oxygen atoms in total. The molecule has 0 atom stereocenters. The smallest absolute Gasteiger partial charge is 0.156 e. The van der Waals surface area contributed by atoms with Crippen LogP contribution in [-0.4, -0.2) is 19.7 Å². The Kier molecular flexibility index (Phi) is 3.08. The van der Waals surface area contributed by atoms with Gasteiger partial charge in [0.25, 0.3) is 0 Å². The predicted molar refractivity (Wildman–Crippen MR) is 90.3 cm³/mol. The van der Waals surface area contributed by atoms with Gasteiger partial charge in [0.2, 0.25) is 0 Å². The first-order valence-corrected chi connectivity index (χ1v) is 7.42. The normalized spacial score (nSPS) is 11.0. The minimum absolute atomic E-state index is 0.229. The maximum atomic E-state index is 10.1. The lowest BCUT2D eigenvalue weighted by Crippen LogP contribution is -1.95. The Bertz CT molecular complexity index is 1000. The molecule has 4 heteroatoms. The zero-order chi connectivity index (χ0) is 15.8. The van der Waals surface area contributed by atoms with E-state index in [1.807, 2.05) is 36.4 Å². The predicted octanol–water partition coefficient (Wildman–Crippen LogP) is 4.08. The SMILES string of the molecule is Cc1cccc(-c2cc3nccc(-c4ccccc4O)n3n2)c1. The summed E-state index contributed by atoms with van der Waals surface area (Å²) in [6.45, 7) is 2.06. The summed E-state index contributed by atoms with van der Waals surface area (Å²) in [6.07, 6.45) is 1.73. The van der Waals surface area contributed by atoms with E-state index in [2.05, 4.69) is 29.1 Å². The quantitative estimate of drug-likeness (QED) is 0.607. The average molecular weight is 301 g/mol. The molecule has 2 aromatic heterocycles. The molecule has 0 bridgehead atoms. The molecule has 0 aliphatic heterocycles.